The summed E-state index contributed by atoms with van der Waals surface area (Å²) in [5, 5.41) is 12.9. The van der Waals surface area contributed by atoms with Crippen LogP contribution >= 0.6 is 11.3 Å². The normalized spacial score (nSPS) is 10.4. The lowest BCUT2D eigenvalue weighted by atomic mass is 10.1. The lowest BCUT2D eigenvalue weighted by molar-refractivity contribution is 0.101. The summed E-state index contributed by atoms with van der Waals surface area (Å²) in [6, 6.07) is 13.7. The standard InChI is InChI=1S/C19H16N2O4S/c1-11(22)17-16(12-6-4-3-5-7-12)20-19(26-17)21-18(24)14-9-8-13(25-2)10-15(14)23/h3-10,23H,1-2H3,(H,20,21,24). The van der Waals surface area contributed by atoms with E-state index in [1.165, 1.54) is 26.2 Å². The summed E-state index contributed by atoms with van der Waals surface area (Å²) < 4.78 is 5.00. The van der Waals surface area contributed by atoms with Crippen LogP contribution in [-0.4, -0.2) is 28.9 Å². The zero-order chi connectivity index (χ0) is 18.7. The number of carbonyl (C=O) groups excluding carboxylic acids is 2. The molecule has 3 rings (SSSR count). The van der Waals surface area contributed by atoms with Crippen LogP contribution in [0, 0.1) is 0 Å². The molecule has 6 nitrogen and oxygen atoms in total. The number of aromatic nitrogens is 1. The summed E-state index contributed by atoms with van der Waals surface area (Å²) in [5.41, 5.74) is 1.41. The van der Waals surface area contributed by atoms with Gasteiger partial charge in [0.15, 0.2) is 10.9 Å². The SMILES string of the molecule is COc1ccc(C(=O)Nc2nc(-c3ccccc3)c(C(C)=O)s2)c(O)c1. The quantitative estimate of drug-likeness (QED) is 0.665. The van der Waals surface area contributed by atoms with E-state index < -0.39 is 5.91 Å². The lowest BCUT2D eigenvalue weighted by Crippen LogP contribution is -2.11. The van der Waals surface area contributed by atoms with Crippen molar-refractivity contribution in [2.75, 3.05) is 12.4 Å². The number of Topliss-reactive ketones (excluding diaryl/α,β-unsaturated/α-hetero) is 1. The van der Waals surface area contributed by atoms with E-state index >= 15 is 0 Å². The summed E-state index contributed by atoms with van der Waals surface area (Å²) in [6.07, 6.45) is 0. The van der Waals surface area contributed by atoms with Crippen molar-refractivity contribution in [2.45, 2.75) is 6.92 Å². The molecular formula is C19H16N2O4S. The molecule has 132 valence electrons. The topological polar surface area (TPSA) is 88.5 Å². The van der Waals surface area contributed by atoms with Crippen molar-refractivity contribution in [1.29, 1.82) is 0 Å². The van der Waals surface area contributed by atoms with E-state index in [9.17, 15) is 14.7 Å². The fraction of sp³-hybridized carbons (Fsp3) is 0.105. The third-order valence-electron chi connectivity index (χ3n) is 3.66. The average Bonchev–Trinajstić information content (AvgIpc) is 3.06. The van der Waals surface area contributed by atoms with Crippen molar-refractivity contribution >= 4 is 28.2 Å². The number of amides is 1. The van der Waals surface area contributed by atoms with Crippen molar-refractivity contribution < 1.29 is 19.4 Å². The Morgan fingerprint density at radius 1 is 1.15 bits per heavy atom. The minimum Gasteiger partial charge on any atom is -0.507 e. The first kappa shape index (κ1) is 17.6. The molecule has 0 bridgehead atoms. The fourth-order valence-corrected chi connectivity index (χ4v) is 3.28. The highest BCUT2D eigenvalue weighted by atomic mass is 32.1. The van der Waals surface area contributed by atoms with E-state index in [1.54, 1.807) is 6.07 Å². The number of hydrogen-bond acceptors (Lipinski definition) is 6. The number of phenols is 1. The van der Waals surface area contributed by atoms with Gasteiger partial charge in [-0.25, -0.2) is 4.98 Å². The molecule has 3 aromatic rings. The van der Waals surface area contributed by atoms with E-state index in [2.05, 4.69) is 10.3 Å². The van der Waals surface area contributed by atoms with E-state index in [4.69, 9.17) is 4.74 Å². The number of phenolic OH excluding ortho intramolecular Hbond substituents is 1. The molecule has 0 aliphatic heterocycles. The van der Waals surface area contributed by atoms with Gasteiger partial charge in [0, 0.05) is 18.6 Å². The molecule has 0 saturated carbocycles. The Balaban J connectivity index is 1.91. The molecular weight excluding hydrogens is 352 g/mol. The van der Waals surface area contributed by atoms with Gasteiger partial charge < -0.3 is 9.84 Å². The van der Waals surface area contributed by atoms with Crippen molar-refractivity contribution in [3.63, 3.8) is 0 Å². The highest BCUT2D eigenvalue weighted by molar-refractivity contribution is 7.18. The summed E-state index contributed by atoms with van der Waals surface area (Å²) in [6.45, 7) is 1.46. The fourth-order valence-electron chi connectivity index (χ4n) is 2.40. The third kappa shape index (κ3) is 3.57. The van der Waals surface area contributed by atoms with Crippen LogP contribution in [0.4, 0.5) is 5.13 Å². The molecule has 2 N–H and O–H groups in total. The van der Waals surface area contributed by atoms with Crippen LogP contribution in [0.15, 0.2) is 48.5 Å². The van der Waals surface area contributed by atoms with Gasteiger partial charge >= 0.3 is 0 Å². The number of anilines is 1. The van der Waals surface area contributed by atoms with Gasteiger partial charge in [-0.05, 0) is 12.1 Å². The molecule has 0 saturated heterocycles. The molecule has 0 spiro atoms. The number of aromatic hydroxyl groups is 1. The molecule has 26 heavy (non-hydrogen) atoms. The largest absolute Gasteiger partial charge is 0.507 e. The highest BCUT2D eigenvalue weighted by Crippen LogP contribution is 2.32. The molecule has 7 heteroatoms. The second kappa shape index (κ2) is 7.37. The summed E-state index contributed by atoms with van der Waals surface area (Å²) in [4.78, 5) is 29.2. The smallest absolute Gasteiger partial charge is 0.261 e. The molecule has 0 aliphatic carbocycles. The molecule has 1 aromatic heterocycles. The highest BCUT2D eigenvalue weighted by Gasteiger charge is 2.19. The summed E-state index contributed by atoms with van der Waals surface area (Å²) in [7, 11) is 1.47. The Labute approximate surface area is 154 Å². The number of nitrogens with zero attached hydrogens (tertiary/aromatic N) is 1. The number of carbonyl (C=O) groups is 2. The van der Waals surface area contributed by atoms with Crippen LogP contribution in [0.1, 0.15) is 27.0 Å². The molecule has 1 amide bonds. The van der Waals surface area contributed by atoms with Gasteiger partial charge in [0.25, 0.3) is 5.91 Å². The predicted octanol–water partition coefficient (Wildman–Crippen LogP) is 3.98. The average molecular weight is 368 g/mol. The number of nitrogens with one attached hydrogen (secondary N) is 1. The third-order valence-corrected chi connectivity index (χ3v) is 4.74. The predicted molar refractivity (Wildman–Crippen MR) is 100 cm³/mol. The minimum absolute atomic E-state index is 0.0895. The summed E-state index contributed by atoms with van der Waals surface area (Å²) >= 11 is 1.10. The Kier molecular flexibility index (Phi) is 4.99. The number of methoxy groups -OCH3 is 1. The number of hydrogen-bond donors (Lipinski definition) is 2. The molecule has 0 aliphatic rings. The van der Waals surface area contributed by atoms with Crippen LogP contribution in [0.3, 0.4) is 0 Å². The number of benzene rings is 2. The van der Waals surface area contributed by atoms with Gasteiger partial charge in [0.2, 0.25) is 0 Å². The molecule has 2 aromatic carbocycles. The second-order valence-electron chi connectivity index (χ2n) is 5.46. The molecule has 0 radical (unpaired) electrons. The van der Waals surface area contributed by atoms with Crippen molar-refractivity contribution in [1.82, 2.24) is 4.98 Å². The van der Waals surface area contributed by atoms with Crippen LogP contribution in [0.5, 0.6) is 11.5 Å². The molecule has 1 heterocycles. The number of thiazole rings is 1. The van der Waals surface area contributed by atoms with E-state index in [1.807, 2.05) is 30.3 Å². The zero-order valence-electron chi connectivity index (χ0n) is 14.1. The van der Waals surface area contributed by atoms with Crippen LogP contribution in [0.2, 0.25) is 0 Å². The molecule has 0 atom stereocenters. The second-order valence-corrected chi connectivity index (χ2v) is 6.46. The van der Waals surface area contributed by atoms with Crippen LogP contribution in [0.25, 0.3) is 11.3 Å². The van der Waals surface area contributed by atoms with Gasteiger partial charge in [0.05, 0.1) is 23.2 Å². The minimum atomic E-state index is -0.520. The van der Waals surface area contributed by atoms with Crippen LogP contribution < -0.4 is 10.1 Å². The van der Waals surface area contributed by atoms with Gasteiger partial charge in [-0.3, -0.25) is 14.9 Å². The van der Waals surface area contributed by atoms with Gasteiger partial charge in [0.1, 0.15) is 11.5 Å². The van der Waals surface area contributed by atoms with Crippen LogP contribution in [-0.2, 0) is 0 Å². The maximum absolute atomic E-state index is 12.4. The molecule has 0 unspecified atom stereocenters. The zero-order valence-corrected chi connectivity index (χ0v) is 15.0. The molecule has 0 fully saturated rings. The van der Waals surface area contributed by atoms with Crippen molar-refractivity contribution in [2.24, 2.45) is 0 Å². The van der Waals surface area contributed by atoms with Crippen molar-refractivity contribution in [3.8, 4) is 22.8 Å². The van der Waals surface area contributed by atoms with Crippen molar-refractivity contribution in [3.05, 3.63) is 59.0 Å². The van der Waals surface area contributed by atoms with E-state index in [0.717, 1.165) is 16.9 Å². The maximum atomic E-state index is 12.4. The Hall–Kier alpha value is -3.19. The monoisotopic (exact) mass is 368 g/mol. The first-order chi connectivity index (χ1) is 12.5. The number of rotatable bonds is 5. The first-order valence-corrected chi connectivity index (χ1v) is 8.56. The lowest BCUT2D eigenvalue weighted by Gasteiger charge is -2.06. The summed E-state index contributed by atoms with van der Waals surface area (Å²) in [5.74, 6) is -0.408. The Morgan fingerprint density at radius 2 is 1.88 bits per heavy atom. The maximum Gasteiger partial charge on any atom is 0.261 e. The first-order valence-electron chi connectivity index (χ1n) is 7.75. The van der Waals surface area contributed by atoms with E-state index in [-0.39, 0.29) is 22.2 Å². The van der Waals surface area contributed by atoms with Gasteiger partial charge in [-0.1, -0.05) is 41.7 Å². The van der Waals surface area contributed by atoms with E-state index in [0.29, 0.717) is 16.3 Å². The number of ketones is 1. The van der Waals surface area contributed by atoms with Gasteiger partial charge in [-0.15, -0.1) is 0 Å². The van der Waals surface area contributed by atoms with Gasteiger partial charge in [-0.2, -0.15) is 0 Å². The number of ether oxygens (including phenoxy) is 1. The Morgan fingerprint density at radius 3 is 2.50 bits per heavy atom. The Bertz CT molecular complexity index is 967.